The van der Waals surface area contributed by atoms with Crippen LogP contribution in [0.2, 0.25) is 0 Å². The SMILES string of the molecule is CCN1CCC(N(C)C(=O)c2cc(N)cnc2C)CC1. The second-order valence-electron chi connectivity index (χ2n) is 5.48. The molecule has 1 amide bonds. The van der Waals surface area contributed by atoms with Crippen molar-refractivity contribution < 1.29 is 4.79 Å². The number of piperidine rings is 1. The molecule has 0 bridgehead atoms. The quantitative estimate of drug-likeness (QED) is 0.909. The molecule has 0 aromatic carbocycles. The van der Waals surface area contributed by atoms with Crippen molar-refractivity contribution in [1.82, 2.24) is 14.8 Å². The van der Waals surface area contributed by atoms with Crippen molar-refractivity contribution in [2.24, 2.45) is 0 Å². The van der Waals surface area contributed by atoms with Crippen LogP contribution in [0.1, 0.15) is 35.8 Å². The zero-order chi connectivity index (χ0) is 14.7. The maximum absolute atomic E-state index is 12.6. The lowest BCUT2D eigenvalue weighted by atomic mass is 10.0. The molecule has 0 aliphatic carbocycles. The third-order valence-electron chi connectivity index (χ3n) is 4.21. The molecule has 0 spiro atoms. The van der Waals surface area contributed by atoms with Crippen molar-refractivity contribution in [2.75, 3.05) is 32.4 Å². The summed E-state index contributed by atoms with van der Waals surface area (Å²) in [6.45, 7) is 7.24. The minimum absolute atomic E-state index is 0.0252. The first-order valence-electron chi connectivity index (χ1n) is 7.24. The van der Waals surface area contributed by atoms with Crippen molar-refractivity contribution in [2.45, 2.75) is 32.7 Å². The highest BCUT2D eigenvalue weighted by molar-refractivity contribution is 5.96. The van der Waals surface area contributed by atoms with Crippen LogP contribution >= 0.6 is 0 Å². The van der Waals surface area contributed by atoms with Crippen LogP contribution < -0.4 is 5.73 Å². The van der Waals surface area contributed by atoms with Crippen LogP contribution in [0.4, 0.5) is 5.69 Å². The van der Waals surface area contributed by atoms with Crippen LogP contribution in [0.5, 0.6) is 0 Å². The molecular formula is C15H24N4O. The second-order valence-corrected chi connectivity index (χ2v) is 5.48. The minimum atomic E-state index is 0.0252. The van der Waals surface area contributed by atoms with Gasteiger partial charge >= 0.3 is 0 Å². The van der Waals surface area contributed by atoms with Gasteiger partial charge in [0, 0.05) is 26.2 Å². The first-order valence-corrected chi connectivity index (χ1v) is 7.24. The zero-order valence-electron chi connectivity index (χ0n) is 12.6. The van der Waals surface area contributed by atoms with Crippen molar-refractivity contribution in [3.8, 4) is 0 Å². The smallest absolute Gasteiger partial charge is 0.255 e. The molecule has 0 radical (unpaired) electrons. The Bertz CT molecular complexity index is 481. The summed E-state index contributed by atoms with van der Waals surface area (Å²) in [5, 5.41) is 0. The van der Waals surface area contributed by atoms with E-state index in [0.717, 1.165) is 38.2 Å². The second kappa shape index (κ2) is 6.22. The van der Waals surface area contributed by atoms with Crippen LogP contribution in [0.3, 0.4) is 0 Å². The fourth-order valence-corrected chi connectivity index (χ4v) is 2.74. The number of carbonyl (C=O) groups is 1. The number of pyridine rings is 1. The first-order chi connectivity index (χ1) is 9.52. The first kappa shape index (κ1) is 14.8. The summed E-state index contributed by atoms with van der Waals surface area (Å²) >= 11 is 0. The molecule has 2 rings (SSSR count). The molecule has 2 N–H and O–H groups in total. The molecule has 0 atom stereocenters. The van der Waals surface area contributed by atoms with E-state index in [1.165, 1.54) is 0 Å². The van der Waals surface area contributed by atoms with E-state index in [9.17, 15) is 4.79 Å². The standard InChI is InChI=1S/C15H24N4O/c1-4-19-7-5-13(6-8-19)18(3)15(20)14-9-12(16)10-17-11(14)2/h9-10,13H,4-8,16H2,1-3H3. The summed E-state index contributed by atoms with van der Waals surface area (Å²) in [5.74, 6) is 0.0252. The summed E-state index contributed by atoms with van der Waals surface area (Å²) in [6.07, 6.45) is 3.65. The molecule has 1 fully saturated rings. The number of amides is 1. The molecule has 5 nitrogen and oxygen atoms in total. The average Bonchev–Trinajstić information content (AvgIpc) is 2.48. The van der Waals surface area contributed by atoms with Crippen LogP contribution in [0.25, 0.3) is 0 Å². The number of hydrogen-bond donors (Lipinski definition) is 1. The van der Waals surface area contributed by atoms with E-state index < -0.39 is 0 Å². The van der Waals surface area contributed by atoms with Crippen LogP contribution in [-0.2, 0) is 0 Å². The highest BCUT2D eigenvalue weighted by Crippen LogP contribution is 2.19. The van der Waals surface area contributed by atoms with Gasteiger partial charge in [-0.1, -0.05) is 6.92 Å². The number of likely N-dealkylation sites (tertiary alicyclic amines) is 1. The van der Waals surface area contributed by atoms with Crippen molar-refractivity contribution in [3.63, 3.8) is 0 Å². The topological polar surface area (TPSA) is 62.5 Å². The van der Waals surface area contributed by atoms with Crippen molar-refractivity contribution in [1.29, 1.82) is 0 Å². The fourth-order valence-electron chi connectivity index (χ4n) is 2.74. The van der Waals surface area contributed by atoms with E-state index in [0.29, 0.717) is 17.3 Å². The Morgan fingerprint density at radius 3 is 2.75 bits per heavy atom. The van der Waals surface area contributed by atoms with Crippen LogP contribution in [0, 0.1) is 6.92 Å². The van der Waals surface area contributed by atoms with Gasteiger partial charge in [-0.3, -0.25) is 9.78 Å². The highest BCUT2D eigenvalue weighted by atomic mass is 16.2. The average molecular weight is 276 g/mol. The van der Waals surface area contributed by atoms with Gasteiger partial charge in [-0.05, 0) is 32.4 Å². The molecule has 2 heterocycles. The van der Waals surface area contributed by atoms with E-state index in [2.05, 4.69) is 16.8 Å². The summed E-state index contributed by atoms with van der Waals surface area (Å²) in [5.41, 5.74) is 7.63. The maximum Gasteiger partial charge on any atom is 0.255 e. The summed E-state index contributed by atoms with van der Waals surface area (Å²) in [4.78, 5) is 21.0. The molecule has 20 heavy (non-hydrogen) atoms. The van der Waals surface area contributed by atoms with Gasteiger partial charge in [0.1, 0.15) is 0 Å². The van der Waals surface area contributed by atoms with Crippen molar-refractivity contribution in [3.05, 3.63) is 23.5 Å². The Labute approximate surface area is 120 Å². The molecule has 5 heteroatoms. The Morgan fingerprint density at radius 1 is 1.50 bits per heavy atom. The Balaban J connectivity index is 2.07. The molecule has 1 aromatic heterocycles. The number of nitrogens with zero attached hydrogens (tertiary/aromatic N) is 3. The molecule has 1 aliphatic rings. The van der Waals surface area contributed by atoms with Gasteiger partial charge in [0.15, 0.2) is 0 Å². The number of carbonyl (C=O) groups excluding carboxylic acids is 1. The third kappa shape index (κ3) is 3.10. The summed E-state index contributed by atoms with van der Waals surface area (Å²) in [6, 6.07) is 2.04. The van der Waals surface area contributed by atoms with Crippen molar-refractivity contribution >= 4 is 11.6 Å². The van der Waals surface area contributed by atoms with Gasteiger partial charge < -0.3 is 15.5 Å². The van der Waals surface area contributed by atoms with Crippen LogP contribution in [-0.4, -0.2) is 53.4 Å². The fraction of sp³-hybridized carbons (Fsp3) is 0.600. The molecule has 1 aliphatic heterocycles. The van der Waals surface area contributed by atoms with E-state index in [1.807, 2.05) is 18.9 Å². The van der Waals surface area contributed by atoms with Gasteiger partial charge in [0.2, 0.25) is 0 Å². The largest absolute Gasteiger partial charge is 0.397 e. The Morgan fingerprint density at radius 2 is 2.15 bits per heavy atom. The molecule has 110 valence electrons. The van der Waals surface area contributed by atoms with Gasteiger partial charge in [0.25, 0.3) is 5.91 Å². The lowest BCUT2D eigenvalue weighted by molar-refractivity contribution is 0.0645. The van der Waals surface area contributed by atoms with E-state index in [4.69, 9.17) is 5.73 Å². The summed E-state index contributed by atoms with van der Waals surface area (Å²) < 4.78 is 0. The predicted molar refractivity (Wildman–Crippen MR) is 80.6 cm³/mol. The van der Waals surface area contributed by atoms with Gasteiger partial charge in [-0.25, -0.2) is 0 Å². The van der Waals surface area contributed by atoms with E-state index in [1.54, 1.807) is 12.3 Å². The molecule has 1 aromatic rings. The minimum Gasteiger partial charge on any atom is -0.397 e. The molecule has 0 saturated carbocycles. The van der Waals surface area contributed by atoms with E-state index >= 15 is 0 Å². The molecular weight excluding hydrogens is 252 g/mol. The number of nitrogen functional groups attached to an aromatic ring is 1. The number of hydrogen-bond acceptors (Lipinski definition) is 4. The number of anilines is 1. The zero-order valence-corrected chi connectivity index (χ0v) is 12.6. The number of rotatable bonds is 3. The predicted octanol–water partition coefficient (Wildman–Crippen LogP) is 1.53. The van der Waals surface area contributed by atoms with E-state index in [-0.39, 0.29) is 5.91 Å². The summed E-state index contributed by atoms with van der Waals surface area (Å²) in [7, 11) is 1.89. The van der Waals surface area contributed by atoms with Gasteiger partial charge in [-0.2, -0.15) is 0 Å². The number of aromatic nitrogens is 1. The third-order valence-corrected chi connectivity index (χ3v) is 4.21. The lowest BCUT2D eigenvalue weighted by Gasteiger charge is -2.36. The van der Waals surface area contributed by atoms with Gasteiger partial charge in [-0.15, -0.1) is 0 Å². The maximum atomic E-state index is 12.6. The van der Waals surface area contributed by atoms with Gasteiger partial charge in [0.05, 0.1) is 23.1 Å². The Hall–Kier alpha value is -1.62. The molecule has 1 saturated heterocycles. The highest BCUT2D eigenvalue weighted by Gasteiger charge is 2.26. The lowest BCUT2D eigenvalue weighted by Crippen LogP contribution is -2.45. The number of aryl methyl sites for hydroxylation is 1. The van der Waals surface area contributed by atoms with Crippen LogP contribution in [0.15, 0.2) is 12.3 Å². The Kier molecular flexibility index (Phi) is 4.60. The molecule has 0 unspecified atom stereocenters. The normalized spacial score (nSPS) is 17.1. The monoisotopic (exact) mass is 276 g/mol. The number of nitrogens with two attached hydrogens (primary N) is 1.